The van der Waals surface area contributed by atoms with Crippen LogP contribution in [0.5, 0.6) is 11.5 Å². The molecule has 0 unspecified atom stereocenters. The minimum Gasteiger partial charge on any atom is -0.497 e. The van der Waals surface area contributed by atoms with Gasteiger partial charge in [-0.25, -0.2) is 9.78 Å². The smallest absolute Gasteiger partial charge is 0.377 e. The molecule has 0 spiro atoms. The van der Waals surface area contributed by atoms with Crippen molar-refractivity contribution < 1.29 is 33.3 Å². The molecule has 0 radical (unpaired) electrons. The lowest BCUT2D eigenvalue weighted by Crippen LogP contribution is -2.23. The molecule has 3 rings (SSSR count). The number of aromatic nitrogens is 1. The molecule has 1 N–H and O–H groups in total. The molecule has 1 aromatic carbocycles. The Morgan fingerprint density at radius 3 is 2.82 bits per heavy atom. The lowest BCUT2D eigenvalue weighted by Gasteiger charge is -2.14. The van der Waals surface area contributed by atoms with E-state index in [9.17, 15) is 9.59 Å². The van der Waals surface area contributed by atoms with Gasteiger partial charge >= 0.3 is 5.97 Å². The van der Waals surface area contributed by atoms with Crippen molar-refractivity contribution >= 4 is 28.3 Å². The van der Waals surface area contributed by atoms with E-state index in [0.717, 1.165) is 5.56 Å². The van der Waals surface area contributed by atoms with Gasteiger partial charge in [-0.2, -0.15) is 0 Å². The average Bonchev–Trinajstić information content (AvgIpc) is 3.20. The quantitative estimate of drug-likeness (QED) is 0.698. The molecule has 2 aromatic rings. The van der Waals surface area contributed by atoms with Gasteiger partial charge in [-0.15, -0.1) is 11.3 Å². The predicted octanol–water partition coefficient (Wildman–Crippen LogP) is 2.20. The fourth-order valence-electron chi connectivity index (χ4n) is 2.30. The van der Waals surface area contributed by atoms with Gasteiger partial charge < -0.3 is 23.7 Å². The molecule has 0 saturated heterocycles. The number of benzene rings is 1. The van der Waals surface area contributed by atoms with Gasteiger partial charge in [0.15, 0.2) is 11.7 Å². The molecule has 0 aliphatic carbocycles. The summed E-state index contributed by atoms with van der Waals surface area (Å²) < 4.78 is 25.5. The van der Waals surface area contributed by atoms with Crippen molar-refractivity contribution in [1.82, 2.24) is 4.98 Å². The molecular weight excluding hydrogens is 388 g/mol. The fourth-order valence-corrected chi connectivity index (χ4v) is 3.03. The Balaban J connectivity index is 1.61. The summed E-state index contributed by atoms with van der Waals surface area (Å²) in [7, 11) is 3.13. The van der Waals surface area contributed by atoms with Gasteiger partial charge in [0.2, 0.25) is 5.76 Å². The van der Waals surface area contributed by atoms with Gasteiger partial charge in [-0.05, 0) is 18.2 Å². The van der Waals surface area contributed by atoms with Crippen LogP contribution in [-0.2, 0) is 23.8 Å². The standard InChI is InChI=1S/C18H18N2O7S/c1-23-11-3-4-14(24-2)12(7-11)13-10-28-18(19-13)20-16(21)9-27-17(22)15-8-25-5-6-26-15/h3-4,7-8,10H,5-6,9H2,1-2H3,(H,19,20,21). The van der Waals surface area contributed by atoms with Crippen LogP contribution in [0, 0.1) is 0 Å². The van der Waals surface area contributed by atoms with E-state index in [0.29, 0.717) is 28.9 Å². The van der Waals surface area contributed by atoms with E-state index in [-0.39, 0.29) is 12.4 Å². The maximum Gasteiger partial charge on any atom is 0.377 e. The number of rotatable bonds is 7. The van der Waals surface area contributed by atoms with Gasteiger partial charge in [0.05, 0.1) is 19.9 Å². The van der Waals surface area contributed by atoms with Gasteiger partial charge in [-0.1, -0.05) is 0 Å². The van der Waals surface area contributed by atoms with Crippen LogP contribution >= 0.6 is 11.3 Å². The summed E-state index contributed by atoms with van der Waals surface area (Å²) in [5.74, 6) is -0.0777. The first-order valence-corrected chi connectivity index (χ1v) is 9.08. The fraction of sp³-hybridized carbons (Fsp3) is 0.278. The number of nitrogens with one attached hydrogen (secondary N) is 1. The zero-order chi connectivity index (χ0) is 19.9. The van der Waals surface area contributed by atoms with Crippen LogP contribution < -0.4 is 14.8 Å². The molecule has 0 atom stereocenters. The van der Waals surface area contributed by atoms with Crippen LogP contribution in [0.2, 0.25) is 0 Å². The summed E-state index contributed by atoms with van der Waals surface area (Å²) in [4.78, 5) is 28.1. The van der Waals surface area contributed by atoms with Crippen molar-refractivity contribution in [2.45, 2.75) is 0 Å². The molecule has 1 aliphatic heterocycles. The Hall–Kier alpha value is -3.27. The van der Waals surface area contributed by atoms with Crippen molar-refractivity contribution in [3.8, 4) is 22.8 Å². The topological polar surface area (TPSA) is 105 Å². The van der Waals surface area contributed by atoms with Crippen molar-refractivity contribution in [2.75, 3.05) is 39.4 Å². The average molecular weight is 406 g/mol. The van der Waals surface area contributed by atoms with Crippen molar-refractivity contribution in [3.05, 3.63) is 35.6 Å². The maximum absolute atomic E-state index is 12.0. The van der Waals surface area contributed by atoms with Crippen molar-refractivity contribution in [1.29, 1.82) is 0 Å². The second kappa shape index (κ2) is 9.09. The summed E-state index contributed by atoms with van der Waals surface area (Å²) in [6.45, 7) is 0.140. The van der Waals surface area contributed by atoms with Crippen LogP contribution in [0.1, 0.15) is 0 Å². The number of hydrogen-bond acceptors (Lipinski definition) is 9. The van der Waals surface area contributed by atoms with Crippen molar-refractivity contribution in [3.63, 3.8) is 0 Å². The normalized spacial score (nSPS) is 12.9. The molecule has 0 fully saturated rings. The number of anilines is 1. The van der Waals surface area contributed by atoms with E-state index in [1.807, 2.05) is 0 Å². The number of amides is 1. The number of esters is 1. The van der Waals surface area contributed by atoms with Gasteiger partial charge in [0.25, 0.3) is 5.91 Å². The van der Waals surface area contributed by atoms with Crippen LogP contribution in [0.25, 0.3) is 11.3 Å². The number of nitrogens with zero attached hydrogens (tertiary/aromatic N) is 1. The monoisotopic (exact) mass is 406 g/mol. The van der Waals surface area contributed by atoms with E-state index in [1.165, 1.54) is 17.6 Å². The molecule has 0 saturated carbocycles. The number of hydrogen-bond donors (Lipinski definition) is 1. The van der Waals surface area contributed by atoms with Crippen LogP contribution in [0.15, 0.2) is 35.6 Å². The highest BCUT2D eigenvalue weighted by Crippen LogP contribution is 2.34. The van der Waals surface area contributed by atoms with Gasteiger partial charge in [0, 0.05) is 10.9 Å². The Bertz CT molecular complexity index is 894. The summed E-state index contributed by atoms with van der Waals surface area (Å²) in [5.41, 5.74) is 1.34. The Morgan fingerprint density at radius 2 is 2.11 bits per heavy atom. The zero-order valence-corrected chi connectivity index (χ0v) is 16.0. The predicted molar refractivity (Wildman–Crippen MR) is 100 cm³/mol. The SMILES string of the molecule is COc1ccc(OC)c(-c2csc(NC(=O)COC(=O)C3=COCCO3)n2)c1. The van der Waals surface area contributed by atoms with E-state index in [1.54, 1.807) is 37.8 Å². The highest BCUT2D eigenvalue weighted by atomic mass is 32.1. The third kappa shape index (κ3) is 4.71. The van der Waals surface area contributed by atoms with E-state index in [2.05, 4.69) is 10.3 Å². The highest BCUT2D eigenvalue weighted by molar-refractivity contribution is 7.14. The second-order valence-electron chi connectivity index (χ2n) is 5.43. The lowest BCUT2D eigenvalue weighted by molar-refractivity contribution is -0.148. The first-order valence-electron chi connectivity index (χ1n) is 8.20. The van der Waals surface area contributed by atoms with E-state index in [4.69, 9.17) is 23.7 Å². The number of carbonyl (C=O) groups excluding carboxylic acids is 2. The Kier molecular flexibility index (Phi) is 6.33. The molecule has 1 aliphatic rings. The number of thiazole rings is 1. The number of methoxy groups -OCH3 is 2. The van der Waals surface area contributed by atoms with Crippen LogP contribution in [0.4, 0.5) is 5.13 Å². The minimum absolute atomic E-state index is 0.0688. The summed E-state index contributed by atoms with van der Waals surface area (Å²) >= 11 is 1.23. The van der Waals surface area contributed by atoms with E-state index >= 15 is 0 Å². The van der Waals surface area contributed by atoms with Gasteiger partial charge in [-0.3, -0.25) is 10.1 Å². The molecule has 0 bridgehead atoms. The zero-order valence-electron chi connectivity index (χ0n) is 15.2. The molecule has 9 nitrogen and oxygen atoms in total. The molecule has 1 amide bonds. The number of ether oxygens (including phenoxy) is 5. The third-order valence-corrected chi connectivity index (χ3v) is 4.38. The third-order valence-electron chi connectivity index (χ3n) is 3.62. The lowest BCUT2D eigenvalue weighted by atomic mass is 10.1. The largest absolute Gasteiger partial charge is 0.497 e. The maximum atomic E-state index is 12.0. The van der Waals surface area contributed by atoms with Crippen LogP contribution in [0.3, 0.4) is 0 Å². The molecule has 2 heterocycles. The molecule has 10 heteroatoms. The Labute approximate surface area is 164 Å². The van der Waals surface area contributed by atoms with E-state index < -0.39 is 18.5 Å². The first kappa shape index (κ1) is 19.5. The Morgan fingerprint density at radius 1 is 1.25 bits per heavy atom. The molecule has 148 valence electrons. The van der Waals surface area contributed by atoms with Crippen LogP contribution in [-0.4, -0.2) is 50.9 Å². The molecular formula is C18H18N2O7S. The summed E-state index contributed by atoms with van der Waals surface area (Å²) in [5, 5.41) is 4.72. The summed E-state index contributed by atoms with van der Waals surface area (Å²) in [6, 6.07) is 5.35. The highest BCUT2D eigenvalue weighted by Gasteiger charge is 2.19. The van der Waals surface area contributed by atoms with Gasteiger partial charge in [0.1, 0.15) is 31.0 Å². The first-order chi connectivity index (χ1) is 13.6. The minimum atomic E-state index is -0.768. The second-order valence-corrected chi connectivity index (χ2v) is 6.29. The van der Waals surface area contributed by atoms with Crippen molar-refractivity contribution in [2.24, 2.45) is 0 Å². The molecule has 28 heavy (non-hydrogen) atoms. The summed E-state index contributed by atoms with van der Waals surface area (Å²) in [6.07, 6.45) is 1.17. The molecule has 1 aromatic heterocycles. The number of carbonyl (C=O) groups is 2.